The van der Waals surface area contributed by atoms with Gasteiger partial charge in [0.15, 0.2) is 11.6 Å². The Morgan fingerprint density at radius 3 is 2.67 bits per heavy atom. The van der Waals surface area contributed by atoms with E-state index in [0.717, 1.165) is 5.56 Å². The molecule has 1 atom stereocenters. The summed E-state index contributed by atoms with van der Waals surface area (Å²) in [5.74, 6) is 0.168. The first-order valence-corrected chi connectivity index (χ1v) is 7.40. The van der Waals surface area contributed by atoms with Crippen molar-refractivity contribution in [1.82, 2.24) is 0 Å². The Morgan fingerprint density at radius 2 is 2.08 bits per heavy atom. The summed E-state index contributed by atoms with van der Waals surface area (Å²) in [7, 11) is 0. The van der Waals surface area contributed by atoms with Crippen LogP contribution in [0.25, 0.3) is 6.08 Å². The monoisotopic (exact) mass is 319 g/mol. The molecule has 1 aliphatic rings. The molecule has 1 aliphatic carbocycles. The summed E-state index contributed by atoms with van der Waals surface area (Å²) in [4.78, 5) is 29.4. The first-order chi connectivity index (χ1) is 11.6. The van der Waals surface area contributed by atoms with E-state index in [1.54, 1.807) is 37.3 Å². The van der Waals surface area contributed by atoms with Crippen molar-refractivity contribution in [2.45, 2.75) is 6.92 Å². The molecule has 24 heavy (non-hydrogen) atoms. The maximum atomic E-state index is 12.6. The quantitative estimate of drug-likeness (QED) is 0.515. The molecule has 0 bridgehead atoms. The number of hydrogen-bond acceptors (Lipinski definition) is 4. The van der Waals surface area contributed by atoms with Crippen LogP contribution in [-0.2, 0) is 9.59 Å². The molecule has 120 valence electrons. The van der Waals surface area contributed by atoms with Crippen LogP contribution >= 0.6 is 0 Å². The van der Waals surface area contributed by atoms with Gasteiger partial charge in [-0.2, -0.15) is 0 Å². The molecule has 2 rings (SSSR count). The van der Waals surface area contributed by atoms with E-state index in [-0.39, 0.29) is 16.9 Å². The van der Waals surface area contributed by atoms with Crippen molar-refractivity contribution in [3.63, 3.8) is 0 Å². The Bertz CT molecular complexity index is 835. The standard InChI is InChI=1S/C20H17NO3/c1-4-9-15-14(6-3)19(23)18(20(15)24)17(12-22)21-16-11-8-7-10-13(16)5-2/h3-5,7-11,18,22H,2,12H2,1H3/b9-4-,21-17?. The van der Waals surface area contributed by atoms with Gasteiger partial charge in [-0.05, 0) is 18.6 Å². The largest absolute Gasteiger partial charge is 0.390 e. The van der Waals surface area contributed by atoms with Crippen molar-refractivity contribution in [3.8, 4) is 12.3 Å². The fourth-order valence-electron chi connectivity index (χ4n) is 2.57. The van der Waals surface area contributed by atoms with Crippen molar-refractivity contribution in [1.29, 1.82) is 0 Å². The molecule has 1 aromatic carbocycles. The van der Waals surface area contributed by atoms with Crippen LogP contribution in [0.4, 0.5) is 5.69 Å². The van der Waals surface area contributed by atoms with Crippen LogP contribution in [0.1, 0.15) is 12.5 Å². The van der Waals surface area contributed by atoms with Crippen LogP contribution < -0.4 is 0 Å². The fourth-order valence-corrected chi connectivity index (χ4v) is 2.57. The molecule has 4 nitrogen and oxygen atoms in total. The molecule has 0 saturated heterocycles. The highest BCUT2D eigenvalue weighted by molar-refractivity contribution is 6.37. The maximum absolute atomic E-state index is 12.6. The number of ketones is 2. The molecule has 0 amide bonds. The van der Waals surface area contributed by atoms with E-state index in [1.807, 2.05) is 6.07 Å². The third-order valence-corrected chi connectivity index (χ3v) is 3.70. The second kappa shape index (κ2) is 7.49. The average molecular weight is 319 g/mol. The van der Waals surface area contributed by atoms with E-state index in [9.17, 15) is 14.7 Å². The Hall–Kier alpha value is -3.03. The van der Waals surface area contributed by atoms with Crippen molar-refractivity contribution >= 4 is 29.0 Å². The number of carbonyl (C=O) groups excluding carboxylic acids is 2. The summed E-state index contributed by atoms with van der Waals surface area (Å²) < 4.78 is 0. The number of benzene rings is 1. The zero-order valence-corrected chi connectivity index (χ0v) is 13.3. The predicted octanol–water partition coefficient (Wildman–Crippen LogP) is 2.67. The topological polar surface area (TPSA) is 66.7 Å². The van der Waals surface area contributed by atoms with E-state index in [0.29, 0.717) is 5.69 Å². The second-order valence-corrected chi connectivity index (χ2v) is 5.12. The second-order valence-electron chi connectivity index (χ2n) is 5.12. The first kappa shape index (κ1) is 17.3. The number of terminal acetylenes is 1. The van der Waals surface area contributed by atoms with Gasteiger partial charge >= 0.3 is 0 Å². The van der Waals surface area contributed by atoms with Gasteiger partial charge in [0.2, 0.25) is 0 Å². The Labute approximate surface area is 140 Å². The lowest BCUT2D eigenvalue weighted by Gasteiger charge is -2.10. The molecule has 0 aliphatic heterocycles. The summed E-state index contributed by atoms with van der Waals surface area (Å²) in [5.41, 5.74) is 1.56. The zero-order valence-electron chi connectivity index (χ0n) is 13.3. The number of nitrogens with zero attached hydrogens (tertiary/aromatic N) is 1. The van der Waals surface area contributed by atoms with Crippen molar-refractivity contribution in [2.24, 2.45) is 10.9 Å². The van der Waals surface area contributed by atoms with Crippen LogP contribution in [0.5, 0.6) is 0 Å². The van der Waals surface area contributed by atoms with Crippen LogP contribution in [0.15, 0.2) is 59.1 Å². The van der Waals surface area contributed by atoms with Gasteiger partial charge in [0.25, 0.3) is 0 Å². The molecular weight excluding hydrogens is 302 g/mol. The van der Waals surface area contributed by atoms with Gasteiger partial charge in [0.05, 0.1) is 23.6 Å². The Balaban J connectivity index is 2.52. The van der Waals surface area contributed by atoms with E-state index in [4.69, 9.17) is 6.42 Å². The zero-order chi connectivity index (χ0) is 17.7. The van der Waals surface area contributed by atoms with E-state index >= 15 is 0 Å². The van der Waals surface area contributed by atoms with Crippen LogP contribution in [-0.4, -0.2) is 29.0 Å². The molecule has 0 fully saturated rings. The molecule has 0 heterocycles. The van der Waals surface area contributed by atoms with Crippen molar-refractivity contribution in [3.05, 3.63) is 59.7 Å². The molecule has 0 spiro atoms. The highest BCUT2D eigenvalue weighted by atomic mass is 16.3. The van der Waals surface area contributed by atoms with Gasteiger partial charge in [-0.15, -0.1) is 6.42 Å². The first-order valence-electron chi connectivity index (χ1n) is 7.40. The lowest BCUT2D eigenvalue weighted by atomic mass is 9.96. The predicted molar refractivity (Wildman–Crippen MR) is 94.9 cm³/mol. The number of rotatable bonds is 5. The minimum absolute atomic E-state index is 0.0289. The molecule has 0 aromatic heterocycles. The summed E-state index contributed by atoms with van der Waals surface area (Å²) in [6, 6.07) is 7.12. The minimum Gasteiger partial charge on any atom is -0.390 e. The maximum Gasteiger partial charge on any atom is 0.188 e. The van der Waals surface area contributed by atoms with Gasteiger partial charge in [-0.1, -0.05) is 48.9 Å². The van der Waals surface area contributed by atoms with E-state index in [1.165, 1.54) is 6.08 Å². The molecule has 0 saturated carbocycles. The van der Waals surface area contributed by atoms with Crippen LogP contribution in [0.2, 0.25) is 0 Å². The van der Waals surface area contributed by atoms with Crippen LogP contribution in [0, 0.1) is 18.3 Å². The number of aliphatic hydroxyl groups is 1. The SMILES string of the molecule is C#CC1=C(/C=C\C)C(=O)C(C(CO)=Nc2ccccc2C=C)C1=O. The number of aliphatic imine (C=N–C) groups is 1. The fraction of sp³-hybridized carbons (Fsp3) is 0.150. The number of para-hydroxylation sites is 1. The number of allylic oxidation sites excluding steroid dienone is 4. The minimum atomic E-state index is -1.18. The van der Waals surface area contributed by atoms with Gasteiger partial charge < -0.3 is 5.11 Å². The highest BCUT2D eigenvalue weighted by Gasteiger charge is 2.42. The summed E-state index contributed by atoms with van der Waals surface area (Å²) in [6.45, 7) is 4.91. The van der Waals surface area contributed by atoms with Gasteiger partial charge in [0, 0.05) is 5.57 Å². The Kier molecular flexibility index (Phi) is 5.41. The lowest BCUT2D eigenvalue weighted by Crippen LogP contribution is -2.29. The number of carbonyl (C=O) groups is 2. The molecule has 1 aromatic rings. The summed E-state index contributed by atoms with van der Waals surface area (Å²) in [6.07, 6.45) is 10.2. The number of aliphatic hydroxyl groups excluding tert-OH is 1. The molecule has 0 radical (unpaired) electrons. The van der Waals surface area contributed by atoms with E-state index < -0.39 is 24.1 Å². The Morgan fingerprint density at radius 1 is 1.38 bits per heavy atom. The highest BCUT2D eigenvalue weighted by Crippen LogP contribution is 2.29. The van der Waals surface area contributed by atoms with Crippen LogP contribution in [0.3, 0.4) is 0 Å². The lowest BCUT2D eigenvalue weighted by molar-refractivity contribution is -0.123. The van der Waals surface area contributed by atoms with Crippen molar-refractivity contribution in [2.75, 3.05) is 6.61 Å². The molecule has 1 unspecified atom stereocenters. The molecule has 1 N–H and O–H groups in total. The summed E-state index contributed by atoms with van der Waals surface area (Å²) >= 11 is 0. The molecule has 4 heteroatoms. The van der Waals surface area contributed by atoms with E-state index in [2.05, 4.69) is 17.5 Å². The van der Waals surface area contributed by atoms with Gasteiger partial charge in [-0.3, -0.25) is 14.6 Å². The summed E-state index contributed by atoms with van der Waals surface area (Å²) in [5, 5.41) is 9.67. The number of Topliss-reactive ketones (excluding diaryl/α,β-unsaturated/α-hetero) is 2. The normalized spacial score (nSPS) is 18.4. The van der Waals surface area contributed by atoms with Crippen molar-refractivity contribution < 1.29 is 14.7 Å². The molecular formula is C20H17NO3. The third-order valence-electron chi connectivity index (χ3n) is 3.70. The van der Waals surface area contributed by atoms with Gasteiger partial charge in [-0.25, -0.2) is 0 Å². The number of hydrogen-bond donors (Lipinski definition) is 1. The smallest absolute Gasteiger partial charge is 0.188 e. The van der Waals surface area contributed by atoms with Gasteiger partial charge in [0.1, 0.15) is 5.92 Å². The third kappa shape index (κ3) is 3.03. The average Bonchev–Trinajstić information content (AvgIpc) is 2.83.